The lowest BCUT2D eigenvalue weighted by molar-refractivity contribution is -0.153. The van der Waals surface area contributed by atoms with E-state index in [4.69, 9.17) is 14.7 Å². The molecular weight excluding hydrogens is 318 g/mol. The summed E-state index contributed by atoms with van der Waals surface area (Å²) in [5.74, 6) is -0.447. The minimum absolute atomic E-state index is 0.265. The van der Waals surface area contributed by atoms with E-state index in [0.29, 0.717) is 16.9 Å². The molecule has 0 aliphatic carbocycles. The van der Waals surface area contributed by atoms with E-state index >= 15 is 0 Å². The minimum atomic E-state index is -0.901. The van der Waals surface area contributed by atoms with Crippen LogP contribution in [0.2, 0.25) is 0 Å². The lowest BCUT2D eigenvalue weighted by Gasteiger charge is -2.17. The molecule has 0 amide bonds. The lowest BCUT2D eigenvalue weighted by atomic mass is 10.1. The van der Waals surface area contributed by atoms with Crippen molar-refractivity contribution in [3.8, 4) is 11.8 Å². The zero-order chi connectivity index (χ0) is 18.4. The molecule has 0 heterocycles. The molecule has 0 saturated heterocycles. The highest BCUT2D eigenvalue weighted by Crippen LogP contribution is 2.15. The molecule has 0 aromatic heterocycles. The lowest BCUT2D eigenvalue weighted by Crippen LogP contribution is -2.32. The number of hydrogen-bond acceptors (Lipinski definition) is 5. The molecule has 0 aliphatic rings. The fourth-order valence-electron chi connectivity index (χ4n) is 2.14. The van der Waals surface area contributed by atoms with Gasteiger partial charge < -0.3 is 9.47 Å². The fourth-order valence-corrected chi connectivity index (χ4v) is 2.14. The maximum absolute atomic E-state index is 12.3. The molecule has 0 radical (unpaired) electrons. The summed E-state index contributed by atoms with van der Waals surface area (Å²) >= 11 is 0. The standard InChI is InChI=1S/C20H19NO4/c1-13-4-8-17(9-5-13)19(22)14(2)25-20(23)15(3)24-18-10-6-16(12-21)7-11-18/h4-11,14-15H,1-3H3/t14-,15-/m1/s1. The highest BCUT2D eigenvalue weighted by molar-refractivity contribution is 6.00. The highest BCUT2D eigenvalue weighted by atomic mass is 16.6. The van der Waals surface area contributed by atoms with Gasteiger partial charge in [-0.15, -0.1) is 0 Å². The Morgan fingerprint density at radius 3 is 2.12 bits per heavy atom. The van der Waals surface area contributed by atoms with Gasteiger partial charge in [-0.3, -0.25) is 4.79 Å². The third-order valence-electron chi connectivity index (χ3n) is 3.63. The summed E-state index contributed by atoms with van der Waals surface area (Å²) in [6.45, 7) is 5.01. The summed E-state index contributed by atoms with van der Waals surface area (Å²) < 4.78 is 10.7. The third-order valence-corrected chi connectivity index (χ3v) is 3.63. The second-order valence-corrected chi connectivity index (χ2v) is 5.71. The van der Waals surface area contributed by atoms with Crippen LogP contribution in [0.15, 0.2) is 48.5 Å². The average Bonchev–Trinajstić information content (AvgIpc) is 2.62. The van der Waals surface area contributed by atoms with E-state index in [1.54, 1.807) is 43.3 Å². The number of nitrogens with zero attached hydrogens (tertiary/aromatic N) is 1. The van der Waals surface area contributed by atoms with E-state index in [1.807, 2.05) is 25.1 Å². The molecule has 2 rings (SSSR count). The number of aryl methyl sites for hydroxylation is 1. The summed E-state index contributed by atoms with van der Waals surface area (Å²) in [5, 5.41) is 8.76. The number of rotatable bonds is 6. The maximum Gasteiger partial charge on any atom is 0.347 e. The zero-order valence-corrected chi connectivity index (χ0v) is 14.4. The normalized spacial score (nSPS) is 12.6. The Kier molecular flexibility index (Phi) is 5.91. The van der Waals surface area contributed by atoms with Gasteiger partial charge >= 0.3 is 5.97 Å². The predicted octanol–water partition coefficient (Wildman–Crippen LogP) is 3.45. The molecule has 128 valence electrons. The summed E-state index contributed by atoms with van der Waals surface area (Å²) in [7, 11) is 0. The maximum atomic E-state index is 12.3. The van der Waals surface area contributed by atoms with E-state index in [0.717, 1.165) is 5.56 Å². The smallest absolute Gasteiger partial charge is 0.347 e. The molecule has 0 spiro atoms. The number of hydrogen-bond donors (Lipinski definition) is 0. The van der Waals surface area contributed by atoms with Crippen LogP contribution in [-0.2, 0) is 9.53 Å². The van der Waals surface area contributed by atoms with Gasteiger partial charge in [0.25, 0.3) is 0 Å². The molecule has 2 aromatic carbocycles. The average molecular weight is 337 g/mol. The van der Waals surface area contributed by atoms with Gasteiger partial charge in [0.1, 0.15) is 5.75 Å². The number of nitriles is 1. The van der Waals surface area contributed by atoms with Gasteiger partial charge in [0.2, 0.25) is 5.78 Å². The fraction of sp³-hybridized carbons (Fsp3) is 0.250. The van der Waals surface area contributed by atoms with Gasteiger partial charge in [-0.25, -0.2) is 4.79 Å². The Balaban J connectivity index is 1.94. The van der Waals surface area contributed by atoms with Crippen LogP contribution in [0, 0.1) is 18.3 Å². The number of ether oxygens (including phenoxy) is 2. The van der Waals surface area contributed by atoms with Crippen molar-refractivity contribution in [1.82, 2.24) is 0 Å². The first-order valence-electron chi connectivity index (χ1n) is 7.89. The van der Waals surface area contributed by atoms with Crippen LogP contribution >= 0.6 is 0 Å². The molecule has 0 aliphatic heterocycles. The van der Waals surface area contributed by atoms with Crippen LogP contribution in [0.3, 0.4) is 0 Å². The first-order valence-corrected chi connectivity index (χ1v) is 7.89. The van der Waals surface area contributed by atoms with Gasteiger partial charge in [-0.1, -0.05) is 29.8 Å². The van der Waals surface area contributed by atoms with Crippen molar-refractivity contribution in [1.29, 1.82) is 5.26 Å². The monoisotopic (exact) mass is 337 g/mol. The minimum Gasteiger partial charge on any atom is -0.479 e. The summed E-state index contributed by atoms with van der Waals surface area (Å²) in [6, 6.07) is 15.5. The van der Waals surface area contributed by atoms with E-state index in [2.05, 4.69) is 0 Å². The van der Waals surface area contributed by atoms with Crippen molar-refractivity contribution in [2.45, 2.75) is 33.0 Å². The predicted molar refractivity (Wildman–Crippen MR) is 92.3 cm³/mol. The number of carbonyl (C=O) groups is 2. The Bertz CT molecular complexity index is 788. The second-order valence-electron chi connectivity index (χ2n) is 5.71. The molecule has 5 heteroatoms. The SMILES string of the molecule is Cc1ccc(C(=O)[C@@H](C)OC(=O)[C@@H](C)Oc2ccc(C#N)cc2)cc1. The van der Waals surface area contributed by atoms with Gasteiger partial charge in [-0.05, 0) is 45.0 Å². The van der Waals surface area contributed by atoms with E-state index < -0.39 is 18.2 Å². The number of carbonyl (C=O) groups excluding carboxylic acids is 2. The molecule has 0 fully saturated rings. The van der Waals surface area contributed by atoms with E-state index in [9.17, 15) is 9.59 Å². The molecule has 25 heavy (non-hydrogen) atoms. The molecule has 0 saturated carbocycles. The third kappa shape index (κ3) is 4.92. The Hall–Kier alpha value is -3.13. The van der Waals surface area contributed by atoms with Crippen LogP contribution in [0.25, 0.3) is 0 Å². The van der Waals surface area contributed by atoms with Gasteiger partial charge in [-0.2, -0.15) is 5.26 Å². The first-order chi connectivity index (χ1) is 11.9. The van der Waals surface area contributed by atoms with Crippen molar-refractivity contribution < 1.29 is 19.1 Å². The molecule has 5 nitrogen and oxygen atoms in total. The largest absolute Gasteiger partial charge is 0.479 e. The highest BCUT2D eigenvalue weighted by Gasteiger charge is 2.24. The van der Waals surface area contributed by atoms with Crippen LogP contribution in [-0.4, -0.2) is 24.0 Å². The molecule has 0 N–H and O–H groups in total. The Morgan fingerprint density at radius 1 is 0.960 bits per heavy atom. The zero-order valence-electron chi connectivity index (χ0n) is 14.4. The molecule has 2 atom stereocenters. The molecule has 0 bridgehead atoms. The van der Waals surface area contributed by atoms with Crippen molar-refractivity contribution in [2.75, 3.05) is 0 Å². The summed E-state index contributed by atoms with van der Waals surface area (Å²) in [6.07, 6.45) is -1.77. The molecular formula is C20H19NO4. The van der Waals surface area contributed by atoms with Crippen LogP contribution in [0.1, 0.15) is 35.3 Å². The number of benzene rings is 2. The second kappa shape index (κ2) is 8.11. The van der Waals surface area contributed by atoms with Crippen molar-refractivity contribution in [3.05, 3.63) is 65.2 Å². The quantitative estimate of drug-likeness (QED) is 0.596. The summed E-state index contributed by atoms with van der Waals surface area (Å²) in [4.78, 5) is 24.4. The Labute approximate surface area is 146 Å². The molecule has 2 aromatic rings. The van der Waals surface area contributed by atoms with Crippen LogP contribution in [0.5, 0.6) is 5.75 Å². The van der Waals surface area contributed by atoms with Crippen molar-refractivity contribution in [2.24, 2.45) is 0 Å². The van der Waals surface area contributed by atoms with Crippen LogP contribution < -0.4 is 4.74 Å². The van der Waals surface area contributed by atoms with Gasteiger partial charge in [0.05, 0.1) is 11.6 Å². The van der Waals surface area contributed by atoms with Crippen molar-refractivity contribution >= 4 is 11.8 Å². The van der Waals surface area contributed by atoms with E-state index in [-0.39, 0.29) is 5.78 Å². The molecule has 0 unspecified atom stereocenters. The van der Waals surface area contributed by atoms with Crippen molar-refractivity contribution in [3.63, 3.8) is 0 Å². The summed E-state index contributed by atoms with van der Waals surface area (Å²) in [5.41, 5.74) is 2.04. The topological polar surface area (TPSA) is 76.4 Å². The van der Waals surface area contributed by atoms with Crippen LogP contribution in [0.4, 0.5) is 0 Å². The first kappa shape index (κ1) is 18.2. The number of Topliss-reactive ketones (excluding diaryl/α,β-unsaturated/α-hetero) is 1. The number of esters is 1. The Morgan fingerprint density at radius 2 is 1.56 bits per heavy atom. The van der Waals surface area contributed by atoms with E-state index in [1.165, 1.54) is 6.92 Å². The number of ketones is 1. The van der Waals surface area contributed by atoms with Gasteiger partial charge in [0, 0.05) is 5.56 Å². The van der Waals surface area contributed by atoms with Gasteiger partial charge in [0.15, 0.2) is 12.2 Å².